The van der Waals surface area contributed by atoms with Gasteiger partial charge < -0.3 is 15.2 Å². The molecule has 1 fully saturated rings. The molecule has 1 aliphatic rings. The van der Waals surface area contributed by atoms with Crippen LogP contribution < -0.4 is 5.32 Å². The number of carbonyl (C=O) groups excluding carboxylic acids is 1. The van der Waals surface area contributed by atoms with Crippen LogP contribution in [0.4, 0.5) is 0 Å². The summed E-state index contributed by atoms with van der Waals surface area (Å²) in [5.41, 5.74) is 0.0145. The maximum absolute atomic E-state index is 11.6. The third kappa shape index (κ3) is 3.51. The standard InChI is InChI=1S/C12H16N2O3/c15-11(7-10-1-4-13-5-2-10)14-8-12(16)3-6-17-9-12/h1-2,4-5,16H,3,6-9H2,(H,14,15). The lowest BCUT2D eigenvalue weighted by Crippen LogP contribution is -2.43. The van der Waals surface area contributed by atoms with E-state index in [0.717, 1.165) is 5.56 Å². The second kappa shape index (κ2) is 5.25. The quantitative estimate of drug-likeness (QED) is 0.765. The predicted octanol–water partition coefficient (Wildman–Crippen LogP) is -0.108. The van der Waals surface area contributed by atoms with Crippen molar-refractivity contribution < 1.29 is 14.6 Å². The molecule has 17 heavy (non-hydrogen) atoms. The Morgan fingerprint density at radius 1 is 1.53 bits per heavy atom. The van der Waals surface area contributed by atoms with Gasteiger partial charge in [-0.3, -0.25) is 9.78 Å². The molecule has 1 aliphatic heterocycles. The normalized spacial score (nSPS) is 23.6. The van der Waals surface area contributed by atoms with E-state index >= 15 is 0 Å². The third-order valence-electron chi connectivity index (χ3n) is 2.81. The zero-order valence-corrected chi connectivity index (χ0v) is 9.56. The third-order valence-corrected chi connectivity index (χ3v) is 2.81. The van der Waals surface area contributed by atoms with Gasteiger partial charge in [-0.05, 0) is 17.7 Å². The first-order valence-corrected chi connectivity index (χ1v) is 5.64. The summed E-state index contributed by atoms with van der Waals surface area (Å²) in [7, 11) is 0. The molecule has 1 saturated heterocycles. The first kappa shape index (κ1) is 12.0. The molecule has 92 valence electrons. The Morgan fingerprint density at radius 2 is 2.29 bits per heavy atom. The van der Waals surface area contributed by atoms with Crippen LogP contribution in [-0.2, 0) is 16.0 Å². The summed E-state index contributed by atoms with van der Waals surface area (Å²) >= 11 is 0. The molecule has 0 bridgehead atoms. The van der Waals surface area contributed by atoms with Crippen LogP contribution in [0.3, 0.4) is 0 Å². The number of pyridine rings is 1. The van der Waals surface area contributed by atoms with Gasteiger partial charge in [0.1, 0.15) is 5.60 Å². The van der Waals surface area contributed by atoms with Gasteiger partial charge in [0.25, 0.3) is 0 Å². The van der Waals surface area contributed by atoms with Gasteiger partial charge in [-0.1, -0.05) is 0 Å². The Bertz CT molecular complexity index is 375. The molecule has 2 N–H and O–H groups in total. The predicted molar refractivity (Wildman–Crippen MR) is 61.3 cm³/mol. The largest absolute Gasteiger partial charge is 0.386 e. The van der Waals surface area contributed by atoms with Crippen molar-refractivity contribution in [1.29, 1.82) is 0 Å². The molecule has 1 aromatic rings. The SMILES string of the molecule is O=C(Cc1ccncc1)NCC1(O)CCOC1. The molecular formula is C12H16N2O3. The van der Waals surface area contributed by atoms with E-state index in [4.69, 9.17) is 4.74 Å². The van der Waals surface area contributed by atoms with Crippen LogP contribution in [0.2, 0.25) is 0 Å². The summed E-state index contributed by atoms with van der Waals surface area (Å²) in [6.07, 6.45) is 4.18. The molecule has 2 heterocycles. The molecule has 0 aliphatic carbocycles. The molecule has 5 nitrogen and oxygen atoms in total. The van der Waals surface area contributed by atoms with E-state index in [1.54, 1.807) is 24.5 Å². The van der Waals surface area contributed by atoms with Crippen molar-refractivity contribution in [3.63, 3.8) is 0 Å². The molecule has 0 spiro atoms. The van der Waals surface area contributed by atoms with Gasteiger partial charge >= 0.3 is 0 Å². The fourth-order valence-electron chi connectivity index (χ4n) is 1.75. The Kier molecular flexibility index (Phi) is 3.71. The average Bonchev–Trinajstić information content (AvgIpc) is 2.76. The lowest BCUT2D eigenvalue weighted by molar-refractivity contribution is -0.121. The van der Waals surface area contributed by atoms with Crippen molar-refractivity contribution in [3.05, 3.63) is 30.1 Å². The summed E-state index contributed by atoms with van der Waals surface area (Å²) in [5, 5.41) is 12.7. The fraction of sp³-hybridized carbons (Fsp3) is 0.500. The molecule has 2 rings (SSSR count). The number of hydrogen-bond donors (Lipinski definition) is 2. The molecule has 1 unspecified atom stereocenters. The van der Waals surface area contributed by atoms with Crippen molar-refractivity contribution in [2.75, 3.05) is 19.8 Å². The van der Waals surface area contributed by atoms with E-state index in [2.05, 4.69) is 10.3 Å². The number of amides is 1. The van der Waals surface area contributed by atoms with Gasteiger partial charge in [0, 0.05) is 32.0 Å². The number of rotatable bonds is 4. The topological polar surface area (TPSA) is 71.5 Å². The Balaban J connectivity index is 1.78. The Morgan fingerprint density at radius 3 is 2.94 bits per heavy atom. The minimum atomic E-state index is -0.895. The van der Waals surface area contributed by atoms with Crippen molar-refractivity contribution in [2.24, 2.45) is 0 Å². The van der Waals surface area contributed by atoms with Crippen molar-refractivity contribution in [1.82, 2.24) is 10.3 Å². The highest BCUT2D eigenvalue weighted by atomic mass is 16.5. The average molecular weight is 236 g/mol. The molecule has 0 saturated carbocycles. The maximum Gasteiger partial charge on any atom is 0.224 e. The monoisotopic (exact) mass is 236 g/mol. The van der Waals surface area contributed by atoms with E-state index in [0.29, 0.717) is 26.1 Å². The van der Waals surface area contributed by atoms with E-state index in [1.807, 2.05) is 0 Å². The van der Waals surface area contributed by atoms with E-state index in [-0.39, 0.29) is 12.5 Å². The van der Waals surface area contributed by atoms with E-state index < -0.39 is 5.60 Å². The lowest BCUT2D eigenvalue weighted by atomic mass is 10.0. The van der Waals surface area contributed by atoms with Crippen LogP contribution >= 0.6 is 0 Å². The number of nitrogens with one attached hydrogen (secondary N) is 1. The smallest absolute Gasteiger partial charge is 0.224 e. The maximum atomic E-state index is 11.6. The van der Waals surface area contributed by atoms with Crippen LogP contribution in [0.25, 0.3) is 0 Å². The van der Waals surface area contributed by atoms with Gasteiger partial charge in [0.15, 0.2) is 0 Å². The Hall–Kier alpha value is -1.46. The number of aliphatic hydroxyl groups is 1. The van der Waals surface area contributed by atoms with Gasteiger partial charge in [-0.15, -0.1) is 0 Å². The van der Waals surface area contributed by atoms with E-state index in [1.165, 1.54) is 0 Å². The van der Waals surface area contributed by atoms with Gasteiger partial charge in [0.2, 0.25) is 5.91 Å². The zero-order chi connectivity index (χ0) is 12.1. The van der Waals surface area contributed by atoms with Crippen LogP contribution in [-0.4, -0.2) is 41.4 Å². The molecule has 1 aromatic heterocycles. The van der Waals surface area contributed by atoms with Crippen LogP contribution in [0.5, 0.6) is 0 Å². The van der Waals surface area contributed by atoms with Crippen molar-refractivity contribution in [2.45, 2.75) is 18.4 Å². The van der Waals surface area contributed by atoms with Gasteiger partial charge in [-0.25, -0.2) is 0 Å². The summed E-state index contributed by atoms with van der Waals surface area (Å²) in [5.74, 6) is -0.100. The number of ether oxygens (including phenoxy) is 1. The minimum Gasteiger partial charge on any atom is -0.386 e. The molecule has 1 atom stereocenters. The minimum absolute atomic E-state index is 0.100. The highest BCUT2D eigenvalue weighted by molar-refractivity contribution is 5.78. The zero-order valence-electron chi connectivity index (χ0n) is 9.56. The second-order valence-corrected chi connectivity index (χ2v) is 4.34. The van der Waals surface area contributed by atoms with Gasteiger partial charge in [0.05, 0.1) is 13.0 Å². The first-order chi connectivity index (χ1) is 8.18. The van der Waals surface area contributed by atoms with Gasteiger partial charge in [-0.2, -0.15) is 0 Å². The number of carbonyl (C=O) groups is 1. The molecule has 0 aromatic carbocycles. The van der Waals surface area contributed by atoms with Crippen LogP contribution in [0.1, 0.15) is 12.0 Å². The molecule has 1 amide bonds. The van der Waals surface area contributed by atoms with Crippen molar-refractivity contribution in [3.8, 4) is 0 Å². The second-order valence-electron chi connectivity index (χ2n) is 4.34. The first-order valence-electron chi connectivity index (χ1n) is 5.64. The van der Waals surface area contributed by atoms with E-state index in [9.17, 15) is 9.90 Å². The molecular weight excluding hydrogens is 220 g/mol. The van der Waals surface area contributed by atoms with Crippen LogP contribution in [0, 0.1) is 0 Å². The summed E-state index contributed by atoms with van der Waals surface area (Å²) < 4.78 is 5.10. The van der Waals surface area contributed by atoms with Crippen LogP contribution in [0.15, 0.2) is 24.5 Å². The highest BCUT2D eigenvalue weighted by Gasteiger charge is 2.32. The molecule has 5 heteroatoms. The fourth-order valence-corrected chi connectivity index (χ4v) is 1.75. The highest BCUT2D eigenvalue weighted by Crippen LogP contribution is 2.16. The summed E-state index contributed by atoms with van der Waals surface area (Å²) in [4.78, 5) is 15.5. The molecule has 0 radical (unpaired) electrons. The summed E-state index contributed by atoms with van der Waals surface area (Å²) in [6, 6.07) is 3.60. The summed E-state index contributed by atoms with van der Waals surface area (Å²) in [6.45, 7) is 1.09. The number of nitrogens with zero attached hydrogens (tertiary/aromatic N) is 1. The number of aromatic nitrogens is 1. The Labute approximate surface area is 99.8 Å². The van der Waals surface area contributed by atoms with Crippen molar-refractivity contribution >= 4 is 5.91 Å². The number of hydrogen-bond acceptors (Lipinski definition) is 4. The lowest BCUT2D eigenvalue weighted by Gasteiger charge is -2.20.